The van der Waals surface area contributed by atoms with Gasteiger partial charge in [0.15, 0.2) is 16.1 Å². The molecule has 1 amide bonds. The quantitative estimate of drug-likeness (QED) is 0.450. The van der Waals surface area contributed by atoms with Crippen molar-refractivity contribution in [2.24, 2.45) is 0 Å². The summed E-state index contributed by atoms with van der Waals surface area (Å²) in [6.45, 7) is 6.05. The summed E-state index contributed by atoms with van der Waals surface area (Å²) in [5, 5.41) is 14.8. The van der Waals surface area contributed by atoms with Crippen LogP contribution in [-0.4, -0.2) is 36.4 Å². The van der Waals surface area contributed by atoms with Crippen LogP contribution >= 0.6 is 23.1 Å². The Labute approximate surface area is 182 Å². The first kappa shape index (κ1) is 20.2. The summed E-state index contributed by atoms with van der Waals surface area (Å²) in [5.74, 6) is 0.790. The number of thiazole rings is 1. The highest BCUT2D eigenvalue weighted by Gasteiger charge is 2.19. The first-order chi connectivity index (χ1) is 14.5. The molecule has 3 heterocycles. The Morgan fingerprint density at radius 1 is 1.13 bits per heavy atom. The highest BCUT2D eigenvalue weighted by atomic mass is 32.2. The molecule has 4 rings (SSSR count). The van der Waals surface area contributed by atoms with Crippen LogP contribution in [0.5, 0.6) is 0 Å². The van der Waals surface area contributed by atoms with Crippen molar-refractivity contribution in [3.8, 4) is 17.1 Å². The van der Waals surface area contributed by atoms with Gasteiger partial charge in [0.05, 0.1) is 17.1 Å². The maximum absolute atomic E-state index is 12.4. The summed E-state index contributed by atoms with van der Waals surface area (Å²) in [6.07, 6.45) is 3.46. The van der Waals surface area contributed by atoms with Gasteiger partial charge >= 0.3 is 0 Å². The van der Waals surface area contributed by atoms with Crippen molar-refractivity contribution in [3.63, 3.8) is 0 Å². The minimum absolute atomic E-state index is 0.129. The molecule has 0 saturated heterocycles. The molecule has 0 aliphatic heterocycles. The van der Waals surface area contributed by atoms with Gasteiger partial charge in [0, 0.05) is 23.3 Å². The van der Waals surface area contributed by atoms with Gasteiger partial charge < -0.3 is 5.32 Å². The van der Waals surface area contributed by atoms with Crippen molar-refractivity contribution in [3.05, 3.63) is 64.9 Å². The van der Waals surface area contributed by atoms with Crippen molar-refractivity contribution >= 4 is 34.1 Å². The number of aromatic nitrogens is 5. The second kappa shape index (κ2) is 8.76. The van der Waals surface area contributed by atoms with Crippen molar-refractivity contribution in [1.82, 2.24) is 24.7 Å². The van der Waals surface area contributed by atoms with E-state index in [1.54, 1.807) is 12.4 Å². The molecule has 7 nitrogen and oxygen atoms in total. The lowest BCUT2D eigenvalue weighted by Gasteiger charge is -2.14. The molecular weight excluding hydrogens is 416 g/mol. The fourth-order valence-corrected chi connectivity index (χ4v) is 4.39. The minimum Gasteiger partial charge on any atom is -0.301 e. The largest absolute Gasteiger partial charge is 0.301 e. The molecule has 0 bridgehead atoms. The molecule has 0 aliphatic rings. The fourth-order valence-electron chi connectivity index (χ4n) is 2.94. The number of anilines is 1. The molecule has 4 aromatic rings. The third kappa shape index (κ3) is 4.27. The highest BCUT2D eigenvalue weighted by Crippen LogP contribution is 2.30. The molecule has 3 aromatic heterocycles. The van der Waals surface area contributed by atoms with E-state index in [-0.39, 0.29) is 11.7 Å². The molecule has 30 heavy (non-hydrogen) atoms. The molecule has 1 N–H and O–H groups in total. The first-order valence-electron chi connectivity index (χ1n) is 9.30. The number of aryl methyl sites for hydroxylation is 2. The number of pyridine rings is 1. The number of nitrogens with one attached hydrogen (secondary N) is 1. The third-order valence-corrected chi connectivity index (χ3v) is 6.39. The van der Waals surface area contributed by atoms with Gasteiger partial charge in [0.1, 0.15) is 0 Å². The molecule has 0 aliphatic carbocycles. The summed E-state index contributed by atoms with van der Waals surface area (Å²) in [4.78, 5) is 20.8. The lowest BCUT2D eigenvalue weighted by molar-refractivity contribution is -0.113. The smallest absolute Gasteiger partial charge is 0.236 e. The van der Waals surface area contributed by atoms with Crippen LogP contribution in [0.3, 0.4) is 0 Å². The van der Waals surface area contributed by atoms with Crippen LogP contribution in [-0.2, 0) is 4.79 Å². The first-order valence-corrected chi connectivity index (χ1v) is 11.2. The number of thioether (sulfide) groups is 1. The molecule has 0 fully saturated rings. The van der Waals surface area contributed by atoms with Crippen LogP contribution in [0.15, 0.2) is 53.3 Å². The van der Waals surface area contributed by atoms with E-state index in [1.165, 1.54) is 28.7 Å². The Hall–Kier alpha value is -3.04. The lowest BCUT2D eigenvalue weighted by atomic mass is 10.1. The van der Waals surface area contributed by atoms with Crippen LogP contribution in [0.2, 0.25) is 0 Å². The number of carbonyl (C=O) groups is 1. The van der Waals surface area contributed by atoms with Crippen LogP contribution in [0.4, 0.5) is 5.13 Å². The van der Waals surface area contributed by atoms with Crippen molar-refractivity contribution in [2.75, 3.05) is 11.1 Å². The lowest BCUT2D eigenvalue weighted by Crippen LogP contribution is -2.14. The topological polar surface area (TPSA) is 85.6 Å². The van der Waals surface area contributed by atoms with Gasteiger partial charge in [-0.2, -0.15) is 0 Å². The number of nitrogens with zero attached hydrogens (tertiary/aromatic N) is 5. The standard InChI is InChI=1S/C21H20N6OS2/c1-13-5-4-6-17(15(13)3)27-19(16-7-9-22-10-8-16)25-26-21(27)30-12-18(28)24-20-23-14(2)11-29-20/h4-11H,12H2,1-3H3,(H,23,24,28). The van der Waals surface area contributed by atoms with Gasteiger partial charge in [-0.05, 0) is 50.1 Å². The number of benzene rings is 1. The molecule has 0 spiro atoms. The maximum atomic E-state index is 12.4. The van der Waals surface area contributed by atoms with Crippen molar-refractivity contribution < 1.29 is 4.79 Å². The number of hydrogen-bond donors (Lipinski definition) is 1. The van der Waals surface area contributed by atoms with Crippen LogP contribution in [0, 0.1) is 20.8 Å². The molecule has 0 saturated carbocycles. The van der Waals surface area contributed by atoms with E-state index in [0.717, 1.165) is 22.5 Å². The van der Waals surface area contributed by atoms with Crippen LogP contribution < -0.4 is 5.32 Å². The highest BCUT2D eigenvalue weighted by molar-refractivity contribution is 7.99. The van der Waals surface area contributed by atoms with E-state index >= 15 is 0 Å². The summed E-state index contributed by atoms with van der Waals surface area (Å²) >= 11 is 2.76. The maximum Gasteiger partial charge on any atom is 0.236 e. The van der Waals surface area contributed by atoms with Crippen LogP contribution in [0.1, 0.15) is 16.8 Å². The predicted octanol–water partition coefficient (Wildman–Crippen LogP) is 4.44. The zero-order chi connectivity index (χ0) is 21.1. The Bertz CT molecular complexity index is 1190. The van der Waals surface area contributed by atoms with Gasteiger partial charge in [-0.1, -0.05) is 23.9 Å². The zero-order valence-electron chi connectivity index (χ0n) is 16.8. The van der Waals surface area contributed by atoms with E-state index in [0.29, 0.717) is 16.1 Å². The molecule has 9 heteroatoms. The Morgan fingerprint density at radius 3 is 2.67 bits per heavy atom. The summed E-state index contributed by atoms with van der Waals surface area (Å²) in [7, 11) is 0. The van der Waals surface area contributed by atoms with Gasteiger partial charge in [-0.3, -0.25) is 14.3 Å². The molecule has 0 atom stereocenters. The number of rotatable bonds is 6. The minimum atomic E-state index is -0.129. The number of hydrogen-bond acceptors (Lipinski definition) is 7. The number of carbonyl (C=O) groups excluding carboxylic acids is 1. The molecule has 152 valence electrons. The fraction of sp³-hybridized carbons (Fsp3) is 0.190. The van der Waals surface area contributed by atoms with Crippen molar-refractivity contribution in [1.29, 1.82) is 0 Å². The average molecular weight is 437 g/mol. The van der Waals surface area contributed by atoms with Gasteiger partial charge in [0.2, 0.25) is 5.91 Å². The van der Waals surface area contributed by atoms with Gasteiger partial charge in [-0.25, -0.2) is 4.98 Å². The summed E-state index contributed by atoms with van der Waals surface area (Å²) < 4.78 is 2.00. The van der Waals surface area contributed by atoms with E-state index in [2.05, 4.69) is 45.4 Å². The van der Waals surface area contributed by atoms with E-state index < -0.39 is 0 Å². The third-order valence-electron chi connectivity index (χ3n) is 4.59. The monoisotopic (exact) mass is 436 g/mol. The van der Waals surface area contributed by atoms with E-state index in [4.69, 9.17) is 0 Å². The van der Waals surface area contributed by atoms with Gasteiger partial charge in [-0.15, -0.1) is 21.5 Å². The van der Waals surface area contributed by atoms with Crippen LogP contribution in [0.25, 0.3) is 17.1 Å². The summed E-state index contributed by atoms with van der Waals surface area (Å²) in [5.41, 5.74) is 5.10. The Balaban J connectivity index is 1.65. The van der Waals surface area contributed by atoms with Gasteiger partial charge in [0.25, 0.3) is 0 Å². The number of amides is 1. The zero-order valence-corrected chi connectivity index (χ0v) is 18.4. The molecule has 0 unspecified atom stereocenters. The predicted molar refractivity (Wildman–Crippen MR) is 120 cm³/mol. The summed E-state index contributed by atoms with van der Waals surface area (Å²) in [6, 6.07) is 9.93. The normalized spacial score (nSPS) is 10.9. The SMILES string of the molecule is Cc1csc(NC(=O)CSc2nnc(-c3ccncc3)n2-c2cccc(C)c2C)n1. The Kier molecular flexibility index (Phi) is 5.91. The average Bonchev–Trinajstić information content (AvgIpc) is 3.35. The molecule has 1 aromatic carbocycles. The molecule has 0 radical (unpaired) electrons. The van der Waals surface area contributed by atoms with E-state index in [9.17, 15) is 4.79 Å². The second-order valence-corrected chi connectivity index (χ2v) is 8.53. The Morgan fingerprint density at radius 2 is 1.93 bits per heavy atom. The van der Waals surface area contributed by atoms with Crippen molar-refractivity contribution in [2.45, 2.75) is 25.9 Å². The second-order valence-electron chi connectivity index (χ2n) is 6.73. The molecular formula is C21H20N6OS2. The van der Waals surface area contributed by atoms with E-state index in [1.807, 2.05) is 41.1 Å².